The van der Waals surface area contributed by atoms with Gasteiger partial charge in [-0.3, -0.25) is 4.79 Å². The summed E-state index contributed by atoms with van der Waals surface area (Å²) < 4.78 is 6.50. The Morgan fingerprint density at radius 2 is 2.21 bits per heavy atom. The molecule has 4 heteroatoms. The Kier molecular flexibility index (Phi) is 4.99. The van der Waals surface area contributed by atoms with Crippen LogP contribution in [0.25, 0.3) is 0 Å². The minimum absolute atomic E-state index is 0.0498. The van der Waals surface area contributed by atoms with Gasteiger partial charge in [0.25, 0.3) is 5.91 Å². The first kappa shape index (κ1) is 14.5. The predicted molar refractivity (Wildman–Crippen MR) is 79.4 cm³/mol. The number of hydrogen-bond donors (Lipinski definition) is 0. The van der Waals surface area contributed by atoms with Gasteiger partial charge in [-0.15, -0.1) is 0 Å². The predicted octanol–water partition coefficient (Wildman–Crippen LogP) is 3.26. The van der Waals surface area contributed by atoms with Gasteiger partial charge in [0.05, 0.1) is 6.61 Å². The Hall–Kier alpha value is -0.870. The summed E-state index contributed by atoms with van der Waals surface area (Å²) in [6.45, 7) is 4.05. The zero-order valence-electron chi connectivity index (χ0n) is 11.5. The number of ether oxygens (including phenoxy) is 1. The van der Waals surface area contributed by atoms with E-state index in [1.165, 1.54) is 12.8 Å². The molecule has 0 aromatic heterocycles. The minimum atomic E-state index is 0.0498. The lowest BCUT2D eigenvalue weighted by molar-refractivity contribution is 0.0680. The second-order valence-corrected chi connectivity index (χ2v) is 6.12. The van der Waals surface area contributed by atoms with Gasteiger partial charge in [-0.05, 0) is 43.4 Å². The molecular formula is C15H20BrNO2. The summed E-state index contributed by atoms with van der Waals surface area (Å²) in [5.74, 6) is 0.821. The summed E-state index contributed by atoms with van der Waals surface area (Å²) in [5.41, 5.74) is 1.75. The molecule has 0 spiro atoms. The van der Waals surface area contributed by atoms with E-state index in [0.717, 1.165) is 28.1 Å². The first-order valence-electron chi connectivity index (χ1n) is 6.67. The topological polar surface area (TPSA) is 29.5 Å². The second kappa shape index (κ2) is 6.53. The molecule has 0 unspecified atom stereocenters. The second-order valence-electron chi connectivity index (χ2n) is 5.20. The first-order valence-corrected chi connectivity index (χ1v) is 7.46. The van der Waals surface area contributed by atoms with Gasteiger partial charge >= 0.3 is 0 Å². The van der Waals surface area contributed by atoms with Crippen LogP contribution in [-0.4, -0.2) is 37.6 Å². The molecule has 3 nitrogen and oxygen atoms in total. The van der Waals surface area contributed by atoms with E-state index in [-0.39, 0.29) is 5.91 Å². The molecule has 1 aromatic rings. The molecule has 104 valence electrons. The normalized spacial score (nSPS) is 14.5. The minimum Gasteiger partial charge on any atom is -0.379 e. The van der Waals surface area contributed by atoms with Gasteiger partial charge in [0.1, 0.15) is 0 Å². The SMILES string of the molecule is Cc1ccc(Br)cc1C(=O)N(C)CCOCC1CC1. The molecule has 0 aliphatic heterocycles. The van der Waals surface area contributed by atoms with Crippen molar-refractivity contribution in [3.63, 3.8) is 0 Å². The highest BCUT2D eigenvalue weighted by atomic mass is 79.9. The average Bonchev–Trinajstić information content (AvgIpc) is 3.20. The summed E-state index contributed by atoms with van der Waals surface area (Å²) >= 11 is 3.41. The summed E-state index contributed by atoms with van der Waals surface area (Å²) in [6.07, 6.45) is 2.60. The van der Waals surface area contributed by atoms with Crippen LogP contribution in [0.4, 0.5) is 0 Å². The summed E-state index contributed by atoms with van der Waals surface area (Å²) in [5, 5.41) is 0. The first-order chi connectivity index (χ1) is 9.08. The molecule has 0 radical (unpaired) electrons. The summed E-state index contributed by atoms with van der Waals surface area (Å²) in [4.78, 5) is 14.0. The van der Waals surface area contributed by atoms with Gasteiger partial charge in [0, 0.05) is 30.2 Å². The molecule has 1 aliphatic rings. The van der Waals surface area contributed by atoms with E-state index in [4.69, 9.17) is 4.74 Å². The number of hydrogen-bond acceptors (Lipinski definition) is 2. The van der Waals surface area contributed by atoms with Gasteiger partial charge in [-0.25, -0.2) is 0 Å². The molecule has 0 heterocycles. The quantitative estimate of drug-likeness (QED) is 0.751. The van der Waals surface area contributed by atoms with Gasteiger partial charge in [-0.2, -0.15) is 0 Å². The van der Waals surface area contributed by atoms with Crippen LogP contribution >= 0.6 is 15.9 Å². The third-order valence-corrected chi connectivity index (χ3v) is 3.89. The summed E-state index contributed by atoms with van der Waals surface area (Å²) in [7, 11) is 1.82. The van der Waals surface area contributed by atoms with Crippen molar-refractivity contribution in [1.29, 1.82) is 0 Å². The van der Waals surface area contributed by atoms with E-state index < -0.39 is 0 Å². The third kappa shape index (κ3) is 4.32. The molecule has 1 aliphatic carbocycles. The highest BCUT2D eigenvalue weighted by Crippen LogP contribution is 2.28. The van der Waals surface area contributed by atoms with E-state index >= 15 is 0 Å². The fourth-order valence-corrected chi connectivity index (χ4v) is 2.23. The average molecular weight is 326 g/mol. The number of rotatable bonds is 6. The number of amides is 1. The van der Waals surface area contributed by atoms with Crippen LogP contribution in [0.2, 0.25) is 0 Å². The Labute approximate surface area is 123 Å². The van der Waals surface area contributed by atoms with Crippen molar-refractivity contribution < 1.29 is 9.53 Å². The van der Waals surface area contributed by atoms with Crippen molar-refractivity contribution in [2.75, 3.05) is 26.8 Å². The molecule has 1 saturated carbocycles. The van der Waals surface area contributed by atoms with Gasteiger partial charge in [-0.1, -0.05) is 22.0 Å². The van der Waals surface area contributed by atoms with E-state index in [1.54, 1.807) is 4.90 Å². The number of carbonyl (C=O) groups excluding carboxylic acids is 1. The number of carbonyl (C=O) groups is 1. The lowest BCUT2D eigenvalue weighted by Crippen LogP contribution is -2.30. The highest BCUT2D eigenvalue weighted by Gasteiger charge is 2.21. The van der Waals surface area contributed by atoms with Crippen LogP contribution in [0.5, 0.6) is 0 Å². The number of likely N-dealkylation sites (N-methyl/N-ethyl adjacent to an activating group) is 1. The van der Waals surface area contributed by atoms with Crippen molar-refractivity contribution in [3.05, 3.63) is 33.8 Å². The van der Waals surface area contributed by atoms with Crippen molar-refractivity contribution in [1.82, 2.24) is 4.90 Å². The molecule has 1 aromatic carbocycles. The lowest BCUT2D eigenvalue weighted by Gasteiger charge is -2.18. The molecular weight excluding hydrogens is 306 g/mol. The van der Waals surface area contributed by atoms with Crippen LogP contribution in [0, 0.1) is 12.8 Å². The van der Waals surface area contributed by atoms with Gasteiger partial charge in [0.2, 0.25) is 0 Å². The third-order valence-electron chi connectivity index (χ3n) is 3.40. The van der Waals surface area contributed by atoms with Gasteiger partial charge < -0.3 is 9.64 Å². The maximum atomic E-state index is 12.3. The smallest absolute Gasteiger partial charge is 0.253 e. The molecule has 0 atom stereocenters. The largest absolute Gasteiger partial charge is 0.379 e. The van der Waals surface area contributed by atoms with Crippen molar-refractivity contribution in [2.24, 2.45) is 5.92 Å². The van der Waals surface area contributed by atoms with Crippen LogP contribution < -0.4 is 0 Å². The fraction of sp³-hybridized carbons (Fsp3) is 0.533. The van der Waals surface area contributed by atoms with Crippen molar-refractivity contribution in [2.45, 2.75) is 19.8 Å². The molecule has 0 N–H and O–H groups in total. The summed E-state index contributed by atoms with van der Waals surface area (Å²) in [6, 6.07) is 5.78. The fourth-order valence-electron chi connectivity index (χ4n) is 1.87. The maximum absolute atomic E-state index is 12.3. The van der Waals surface area contributed by atoms with E-state index in [0.29, 0.717) is 13.2 Å². The van der Waals surface area contributed by atoms with E-state index in [1.807, 2.05) is 32.2 Å². The highest BCUT2D eigenvalue weighted by molar-refractivity contribution is 9.10. The number of halogens is 1. The standard InChI is InChI=1S/C15H20BrNO2/c1-11-3-6-13(16)9-14(11)15(18)17(2)7-8-19-10-12-4-5-12/h3,6,9,12H,4-5,7-8,10H2,1-2H3. The van der Waals surface area contributed by atoms with Crippen molar-refractivity contribution >= 4 is 21.8 Å². The van der Waals surface area contributed by atoms with Crippen LogP contribution in [-0.2, 0) is 4.74 Å². The molecule has 0 bridgehead atoms. The number of nitrogens with zero attached hydrogens (tertiary/aromatic N) is 1. The Bertz CT molecular complexity index is 457. The van der Waals surface area contributed by atoms with Crippen molar-refractivity contribution in [3.8, 4) is 0 Å². The zero-order chi connectivity index (χ0) is 13.8. The van der Waals surface area contributed by atoms with Crippen LogP contribution in [0.15, 0.2) is 22.7 Å². The Balaban J connectivity index is 1.84. The lowest BCUT2D eigenvalue weighted by atomic mass is 10.1. The Morgan fingerprint density at radius 1 is 1.47 bits per heavy atom. The molecule has 1 amide bonds. The van der Waals surface area contributed by atoms with E-state index in [9.17, 15) is 4.79 Å². The molecule has 1 fully saturated rings. The molecule has 0 saturated heterocycles. The zero-order valence-corrected chi connectivity index (χ0v) is 13.1. The Morgan fingerprint density at radius 3 is 2.89 bits per heavy atom. The maximum Gasteiger partial charge on any atom is 0.253 e. The number of aryl methyl sites for hydroxylation is 1. The molecule has 2 rings (SSSR count). The number of benzene rings is 1. The van der Waals surface area contributed by atoms with Crippen LogP contribution in [0.1, 0.15) is 28.8 Å². The molecule has 19 heavy (non-hydrogen) atoms. The van der Waals surface area contributed by atoms with E-state index in [2.05, 4.69) is 15.9 Å². The monoisotopic (exact) mass is 325 g/mol. The van der Waals surface area contributed by atoms with Gasteiger partial charge in [0.15, 0.2) is 0 Å². The van der Waals surface area contributed by atoms with Crippen LogP contribution in [0.3, 0.4) is 0 Å².